The van der Waals surface area contributed by atoms with E-state index in [1.54, 1.807) is 31.4 Å². The first-order valence-electron chi connectivity index (χ1n) is 8.62. The molecule has 0 N–H and O–H groups in total. The molecule has 4 heteroatoms. The maximum absolute atomic E-state index is 12.5. The Morgan fingerprint density at radius 3 is 2.41 bits per heavy atom. The van der Waals surface area contributed by atoms with Crippen LogP contribution in [0.1, 0.15) is 21.5 Å². The molecule has 0 saturated heterocycles. The van der Waals surface area contributed by atoms with E-state index in [1.807, 2.05) is 54.6 Å². The van der Waals surface area contributed by atoms with Gasteiger partial charge < -0.3 is 14.2 Å². The molecular formula is C23H18O4. The van der Waals surface area contributed by atoms with E-state index in [0.717, 1.165) is 16.9 Å². The van der Waals surface area contributed by atoms with Crippen molar-refractivity contribution >= 4 is 11.9 Å². The monoisotopic (exact) mass is 358 g/mol. The zero-order valence-electron chi connectivity index (χ0n) is 14.8. The molecule has 1 aliphatic rings. The van der Waals surface area contributed by atoms with Gasteiger partial charge in [-0.1, -0.05) is 42.5 Å². The van der Waals surface area contributed by atoms with Gasteiger partial charge in [-0.05, 0) is 41.5 Å². The first-order valence-corrected chi connectivity index (χ1v) is 8.62. The van der Waals surface area contributed by atoms with Crippen LogP contribution >= 0.6 is 0 Å². The van der Waals surface area contributed by atoms with E-state index in [4.69, 9.17) is 14.2 Å². The fraction of sp³-hybridized carbons (Fsp3) is 0.0870. The highest BCUT2D eigenvalue weighted by molar-refractivity contribution is 6.14. The van der Waals surface area contributed by atoms with Gasteiger partial charge in [-0.25, -0.2) is 0 Å². The first-order chi connectivity index (χ1) is 13.2. The Morgan fingerprint density at radius 1 is 0.926 bits per heavy atom. The second-order valence-corrected chi connectivity index (χ2v) is 6.15. The average Bonchev–Trinajstić information content (AvgIpc) is 3.02. The van der Waals surface area contributed by atoms with Crippen LogP contribution in [0.2, 0.25) is 0 Å². The van der Waals surface area contributed by atoms with E-state index in [9.17, 15) is 4.79 Å². The smallest absolute Gasteiger partial charge is 0.231 e. The quantitative estimate of drug-likeness (QED) is 0.609. The highest BCUT2D eigenvalue weighted by Gasteiger charge is 2.27. The van der Waals surface area contributed by atoms with E-state index >= 15 is 0 Å². The summed E-state index contributed by atoms with van der Waals surface area (Å²) in [6.07, 6.45) is 1.75. The number of carbonyl (C=O) groups excluding carboxylic acids is 1. The summed E-state index contributed by atoms with van der Waals surface area (Å²) in [5.74, 6) is 2.19. The minimum absolute atomic E-state index is 0.115. The molecule has 0 atom stereocenters. The van der Waals surface area contributed by atoms with Gasteiger partial charge in [-0.3, -0.25) is 4.79 Å². The molecule has 0 unspecified atom stereocenters. The largest absolute Gasteiger partial charge is 0.497 e. The predicted octanol–water partition coefficient (Wildman–Crippen LogP) is 4.89. The SMILES string of the molecule is COc1ccc(COc2ccc3c(c2)OC(=Cc2ccccc2)C3=O)cc1. The third-order valence-electron chi connectivity index (χ3n) is 4.30. The predicted molar refractivity (Wildman–Crippen MR) is 103 cm³/mol. The van der Waals surface area contributed by atoms with Gasteiger partial charge in [0.1, 0.15) is 23.9 Å². The molecule has 3 aromatic carbocycles. The number of ether oxygens (including phenoxy) is 3. The van der Waals surface area contributed by atoms with Gasteiger partial charge in [0.25, 0.3) is 0 Å². The molecule has 1 heterocycles. The molecule has 134 valence electrons. The van der Waals surface area contributed by atoms with Crippen LogP contribution in [-0.2, 0) is 6.61 Å². The van der Waals surface area contributed by atoms with Crippen LogP contribution in [0.5, 0.6) is 17.2 Å². The summed E-state index contributed by atoms with van der Waals surface area (Å²) in [6.45, 7) is 0.420. The van der Waals surface area contributed by atoms with Crippen molar-refractivity contribution < 1.29 is 19.0 Å². The highest BCUT2D eigenvalue weighted by atomic mass is 16.5. The van der Waals surface area contributed by atoms with E-state index in [-0.39, 0.29) is 5.78 Å². The number of fused-ring (bicyclic) bond motifs is 1. The third kappa shape index (κ3) is 3.70. The molecule has 4 nitrogen and oxygen atoms in total. The average molecular weight is 358 g/mol. The van der Waals surface area contributed by atoms with Crippen molar-refractivity contribution in [3.63, 3.8) is 0 Å². The van der Waals surface area contributed by atoms with Gasteiger partial charge in [0.15, 0.2) is 5.76 Å². The molecule has 1 aliphatic heterocycles. The van der Waals surface area contributed by atoms with Crippen molar-refractivity contribution in [2.45, 2.75) is 6.61 Å². The van der Waals surface area contributed by atoms with Crippen LogP contribution in [0.15, 0.2) is 78.6 Å². The molecule has 0 spiro atoms. The van der Waals surface area contributed by atoms with Gasteiger partial charge in [0.2, 0.25) is 5.78 Å². The number of Topliss-reactive ketones (excluding diaryl/α,β-unsaturated/α-hetero) is 1. The summed E-state index contributed by atoms with van der Waals surface area (Å²) in [4.78, 5) is 12.5. The molecule has 0 aromatic heterocycles. The van der Waals surface area contributed by atoms with Gasteiger partial charge in [-0.15, -0.1) is 0 Å². The number of hydrogen-bond donors (Lipinski definition) is 0. The third-order valence-corrected chi connectivity index (χ3v) is 4.30. The number of hydrogen-bond acceptors (Lipinski definition) is 4. The van der Waals surface area contributed by atoms with Crippen LogP contribution < -0.4 is 14.2 Å². The Labute approximate surface area is 157 Å². The van der Waals surface area contributed by atoms with Crippen LogP contribution in [0.25, 0.3) is 6.08 Å². The molecule has 3 aromatic rings. The number of allylic oxidation sites excluding steroid dienone is 1. The fourth-order valence-electron chi connectivity index (χ4n) is 2.85. The molecule has 0 aliphatic carbocycles. The second kappa shape index (κ2) is 7.38. The lowest BCUT2D eigenvalue weighted by molar-refractivity contribution is 0.101. The zero-order valence-corrected chi connectivity index (χ0v) is 14.8. The summed E-state index contributed by atoms with van der Waals surface area (Å²) in [5, 5.41) is 0. The van der Waals surface area contributed by atoms with Crippen molar-refractivity contribution in [1.29, 1.82) is 0 Å². The second-order valence-electron chi connectivity index (χ2n) is 6.15. The molecule has 0 amide bonds. The van der Waals surface area contributed by atoms with Crippen molar-refractivity contribution in [2.24, 2.45) is 0 Å². The maximum atomic E-state index is 12.5. The highest BCUT2D eigenvalue weighted by Crippen LogP contribution is 2.35. The van der Waals surface area contributed by atoms with E-state index in [1.165, 1.54) is 0 Å². The van der Waals surface area contributed by atoms with E-state index in [2.05, 4.69) is 0 Å². The fourth-order valence-corrected chi connectivity index (χ4v) is 2.85. The Balaban J connectivity index is 1.48. The molecule has 0 bridgehead atoms. The van der Waals surface area contributed by atoms with Gasteiger partial charge in [0.05, 0.1) is 12.7 Å². The Kier molecular flexibility index (Phi) is 4.62. The Bertz CT molecular complexity index is 989. The number of ketones is 1. The molecule has 0 saturated carbocycles. The molecular weight excluding hydrogens is 340 g/mol. The Hall–Kier alpha value is -3.53. The Morgan fingerprint density at radius 2 is 1.67 bits per heavy atom. The lowest BCUT2D eigenvalue weighted by atomic mass is 10.1. The molecule has 0 radical (unpaired) electrons. The van der Waals surface area contributed by atoms with Crippen LogP contribution in [-0.4, -0.2) is 12.9 Å². The minimum atomic E-state index is -0.115. The standard InChI is InChI=1S/C23H18O4/c1-25-18-9-7-17(8-10-18)15-26-19-11-12-20-21(14-19)27-22(23(20)24)13-16-5-3-2-4-6-16/h2-14H,15H2,1H3. The molecule has 27 heavy (non-hydrogen) atoms. The van der Waals surface area contributed by atoms with Crippen molar-refractivity contribution in [1.82, 2.24) is 0 Å². The topological polar surface area (TPSA) is 44.8 Å². The van der Waals surface area contributed by atoms with Crippen LogP contribution in [0.3, 0.4) is 0 Å². The summed E-state index contributed by atoms with van der Waals surface area (Å²) in [7, 11) is 1.64. The van der Waals surface area contributed by atoms with Gasteiger partial charge in [-0.2, -0.15) is 0 Å². The zero-order chi connectivity index (χ0) is 18.6. The summed E-state index contributed by atoms with van der Waals surface area (Å²) in [5.41, 5.74) is 2.50. The van der Waals surface area contributed by atoms with Crippen molar-refractivity contribution in [3.8, 4) is 17.2 Å². The lowest BCUT2D eigenvalue weighted by Crippen LogP contribution is -1.97. The summed E-state index contributed by atoms with van der Waals surface area (Å²) in [6, 6.07) is 22.6. The lowest BCUT2D eigenvalue weighted by Gasteiger charge is -2.08. The first kappa shape index (κ1) is 16.9. The number of methoxy groups -OCH3 is 1. The normalized spacial score (nSPS) is 14.0. The van der Waals surface area contributed by atoms with E-state index < -0.39 is 0 Å². The molecule has 4 rings (SSSR count). The van der Waals surface area contributed by atoms with Crippen LogP contribution in [0.4, 0.5) is 0 Å². The van der Waals surface area contributed by atoms with Crippen LogP contribution in [0, 0.1) is 0 Å². The molecule has 0 fully saturated rings. The van der Waals surface area contributed by atoms with Crippen molar-refractivity contribution in [3.05, 3.63) is 95.2 Å². The van der Waals surface area contributed by atoms with Gasteiger partial charge >= 0.3 is 0 Å². The number of carbonyl (C=O) groups is 1. The maximum Gasteiger partial charge on any atom is 0.231 e. The van der Waals surface area contributed by atoms with Crippen molar-refractivity contribution in [2.75, 3.05) is 7.11 Å². The minimum Gasteiger partial charge on any atom is -0.497 e. The van der Waals surface area contributed by atoms with Gasteiger partial charge in [0, 0.05) is 6.07 Å². The number of benzene rings is 3. The number of rotatable bonds is 5. The summed E-state index contributed by atoms with van der Waals surface area (Å²) < 4.78 is 16.7. The summed E-state index contributed by atoms with van der Waals surface area (Å²) >= 11 is 0. The van der Waals surface area contributed by atoms with E-state index in [0.29, 0.717) is 29.4 Å².